The van der Waals surface area contributed by atoms with Crippen molar-refractivity contribution in [1.29, 1.82) is 0 Å². The van der Waals surface area contributed by atoms with Crippen molar-refractivity contribution in [2.75, 3.05) is 12.3 Å². The third-order valence-corrected chi connectivity index (χ3v) is 4.84. The summed E-state index contributed by atoms with van der Waals surface area (Å²) in [5.41, 5.74) is 0.704. The van der Waals surface area contributed by atoms with Crippen LogP contribution in [0.1, 0.15) is 37.0 Å². The van der Waals surface area contributed by atoms with Gasteiger partial charge in [-0.2, -0.15) is 0 Å². The topological polar surface area (TPSA) is 105 Å². The number of furan rings is 1. The van der Waals surface area contributed by atoms with E-state index in [4.69, 9.17) is 9.52 Å². The van der Waals surface area contributed by atoms with E-state index in [1.807, 2.05) is 0 Å². The maximum Gasteiger partial charge on any atom is 0.371 e. The zero-order valence-corrected chi connectivity index (χ0v) is 13.2. The predicted molar refractivity (Wildman–Crippen MR) is 84.2 cm³/mol. The Bertz CT molecular complexity index is 821. The van der Waals surface area contributed by atoms with Gasteiger partial charge in [0.15, 0.2) is 0 Å². The number of hydrogen-bond donors (Lipinski definition) is 1. The van der Waals surface area contributed by atoms with Crippen LogP contribution in [0.4, 0.5) is 0 Å². The van der Waals surface area contributed by atoms with Crippen LogP contribution in [0.15, 0.2) is 40.8 Å². The van der Waals surface area contributed by atoms with Gasteiger partial charge < -0.3 is 9.52 Å². The van der Waals surface area contributed by atoms with Crippen molar-refractivity contribution in [2.45, 2.75) is 5.75 Å². The fourth-order valence-corrected chi connectivity index (χ4v) is 3.44. The second-order valence-electron chi connectivity index (χ2n) is 5.17. The highest BCUT2D eigenvalue weighted by atomic mass is 32.2. The smallest absolute Gasteiger partial charge is 0.371 e. The van der Waals surface area contributed by atoms with Crippen LogP contribution in [-0.4, -0.2) is 44.3 Å². The number of aromatic carboxylic acids is 1. The van der Waals surface area contributed by atoms with Crippen molar-refractivity contribution in [3.63, 3.8) is 0 Å². The van der Waals surface area contributed by atoms with Gasteiger partial charge in [0, 0.05) is 23.1 Å². The molecule has 1 aliphatic rings. The number of hydrogen-bond acceptors (Lipinski definition) is 5. The van der Waals surface area contributed by atoms with E-state index in [9.17, 15) is 18.6 Å². The van der Waals surface area contributed by atoms with E-state index < -0.39 is 28.6 Å². The zero-order chi connectivity index (χ0) is 17.3. The lowest BCUT2D eigenvalue weighted by atomic mass is 10.1. The Morgan fingerprint density at radius 2 is 1.71 bits per heavy atom. The second kappa shape index (κ2) is 6.40. The maximum atomic E-state index is 12.2. The van der Waals surface area contributed by atoms with Crippen molar-refractivity contribution < 1.29 is 28.1 Å². The quantitative estimate of drug-likeness (QED) is 0.795. The number of carbonyl (C=O) groups excluding carboxylic acids is 2. The number of carboxylic acid groups (broad SMARTS) is 1. The van der Waals surface area contributed by atoms with Gasteiger partial charge in [0.05, 0.1) is 16.9 Å². The van der Waals surface area contributed by atoms with Crippen molar-refractivity contribution in [1.82, 2.24) is 4.90 Å². The lowest BCUT2D eigenvalue weighted by molar-refractivity contribution is 0.0649. The minimum absolute atomic E-state index is 0.0243. The highest BCUT2D eigenvalue weighted by Crippen LogP contribution is 2.22. The molecule has 0 aliphatic carbocycles. The first-order chi connectivity index (χ1) is 11.5. The third kappa shape index (κ3) is 3.00. The van der Waals surface area contributed by atoms with Crippen molar-refractivity contribution >= 4 is 28.6 Å². The van der Waals surface area contributed by atoms with Gasteiger partial charge in [-0.1, -0.05) is 12.1 Å². The van der Waals surface area contributed by atoms with Gasteiger partial charge in [-0.05, 0) is 24.3 Å². The fraction of sp³-hybridized carbons (Fsp3) is 0.188. The molecule has 2 aromatic rings. The zero-order valence-electron chi connectivity index (χ0n) is 12.4. The maximum absolute atomic E-state index is 12.2. The predicted octanol–water partition coefficient (Wildman–Crippen LogP) is 1.52. The molecule has 124 valence electrons. The SMILES string of the molecule is O=C(O)c1ccc(CS(=O)CCN2C(=O)c3ccccc3C2=O)o1. The molecule has 0 radical (unpaired) electrons. The van der Waals surface area contributed by atoms with Crippen LogP contribution >= 0.6 is 0 Å². The number of benzene rings is 1. The van der Waals surface area contributed by atoms with Crippen LogP contribution in [0.2, 0.25) is 0 Å². The molecule has 1 atom stereocenters. The van der Waals surface area contributed by atoms with E-state index in [1.165, 1.54) is 12.1 Å². The molecule has 1 aromatic heterocycles. The molecule has 8 heteroatoms. The largest absolute Gasteiger partial charge is 0.475 e. The molecule has 0 bridgehead atoms. The molecule has 2 heterocycles. The Kier molecular flexibility index (Phi) is 4.30. The van der Waals surface area contributed by atoms with Crippen LogP contribution in [0, 0.1) is 0 Å². The van der Waals surface area contributed by atoms with Gasteiger partial charge >= 0.3 is 5.97 Å². The molecule has 0 spiro atoms. The lowest BCUT2D eigenvalue weighted by Gasteiger charge is -2.12. The van der Waals surface area contributed by atoms with E-state index in [-0.39, 0.29) is 29.6 Å². The monoisotopic (exact) mass is 347 g/mol. The Morgan fingerprint density at radius 1 is 1.08 bits per heavy atom. The summed E-state index contributed by atoms with van der Waals surface area (Å²) in [6.45, 7) is 0.0332. The summed E-state index contributed by atoms with van der Waals surface area (Å²) < 4.78 is 17.1. The Labute approximate surface area is 139 Å². The average molecular weight is 347 g/mol. The Balaban J connectivity index is 1.60. The Hall–Kier alpha value is -2.74. The molecule has 0 fully saturated rings. The molecule has 1 unspecified atom stereocenters. The average Bonchev–Trinajstić information content (AvgIpc) is 3.11. The molecule has 0 saturated carbocycles. The first-order valence-corrected chi connectivity index (χ1v) is 8.58. The van der Waals surface area contributed by atoms with Gasteiger partial charge in [0.1, 0.15) is 5.76 Å². The summed E-state index contributed by atoms with van der Waals surface area (Å²) in [7, 11) is -1.39. The summed E-state index contributed by atoms with van der Waals surface area (Å²) in [6, 6.07) is 9.28. The minimum Gasteiger partial charge on any atom is -0.475 e. The van der Waals surface area contributed by atoms with Crippen molar-refractivity contribution in [3.8, 4) is 0 Å². The number of amides is 2. The molecule has 1 N–H and O–H groups in total. The number of imide groups is 1. The molecular weight excluding hydrogens is 334 g/mol. The van der Waals surface area contributed by atoms with Crippen molar-refractivity contribution in [2.24, 2.45) is 0 Å². The van der Waals surface area contributed by atoms with Gasteiger partial charge in [-0.25, -0.2) is 4.79 Å². The molecule has 0 saturated heterocycles. The van der Waals surface area contributed by atoms with Gasteiger partial charge in [0.25, 0.3) is 11.8 Å². The van der Waals surface area contributed by atoms with Gasteiger partial charge in [-0.3, -0.25) is 18.7 Å². The molecule has 2 amide bonds. The third-order valence-electron chi connectivity index (χ3n) is 3.60. The second-order valence-corrected chi connectivity index (χ2v) is 6.74. The summed E-state index contributed by atoms with van der Waals surface area (Å²) in [4.78, 5) is 36.2. The summed E-state index contributed by atoms with van der Waals surface area (Å²) in [5.74, 6) is -1.79. The number of carboxylic acids is 1. The highest BCUT2D eigenvalue weighted by molar-refractivity contribution is 7.84. The summed E-state index contributed by atoms with van der Waals surface area (Å²) >= 11 is 0. The molecular formula is C16H13NO6S. The summed E-state index contributed by atoms with van der Waals surface area (Å²) in [6.07, 6.45) is 0. The Morgan fingerprint density at radius 3 is 2.25 bits per heavy atom. The number of rotatable bonds is 6. The van der Waals surface area contributed by atoms with E-state index in [2.05, 4.69) is 0 Å². The van der Waals surface area contributed by atoms with Crippen LogP contribution in [0.25, 0.3) is 0 Å². The molecule has 7 nitrogen and oxygen atoms in total. The van der Waals surface area contributed by atoms with E-state index >= 15 is 0 Å². The molecule has 1 aromatic carbocycles. The fourth-order valence-electron chi connectivity index (χ4n) is 2.44. The lowest BCUT2D eigenvalue weighted by Crippen LogP contribution is -2.33. The number of nitrogens with zero attached hydrogens (tertiary/aromatic N) is 1. The van der Waals surface area contributed by atoms with Gasteiger partial charge in [-0.15, -0.1) is 0 Å². The highest BCUT2D eigenvalue weighted by Gasteiger charge is 2.34. The standard InChI is InChI=1S/C16H13NO6S/c18-14-11-3-1-2-4-12(11)15(19)17(14)7-8-24(22)9-10-5-6-13(23-10)16(20)21/h1-6H,7-9H2,(H,20,21). The van der Waals surface area contributed by atoms with Crippen LogP contribution in [-0.2, 0) is 16.6 Å². The van der Waals surface area contributed by atoms with E-state index in [0.29, 0.717) is 11.1 Å². The van der Waals surface area contributed by atoms with E-state index in [0.717, 1.165) is 4.90 Å². The first-order valence-electron chi connectivity index (χ1n) is 7.09. The minimum atomic E-state index is -1.39. The van der Waals surface area contributed by atoms with E-state index in [1.54, 1.807) is 24.3 Å². The number of carbonyl (C=O) groups is 3. The molecule has 24 heavy (non-hydrogen) atoms. The molecule has 1 aliphatic heterocycles. The first kappa shape index (κ1) is 16.1. The van der Waals surface area contributed by atoms with Crippen LogP contribution in [0.3, 0.4) is 0 Å². The van der Waals surface area contributed by atoms with Crippen LogP contribution < -0.4 is 0 Å². The number of fused-ring (bicyclic) bond motifs is 1. The summed E-state index contributed by atoms with van der Waals surface area (Å²) in [5, 5.41) is 8.77. The van der Waals surface area contributed by atoms with Gasteiger partial charge in [0.2, 0.25) is 5.76 Å². The molecule has 3 rings (SSSR count). The van der Waals surface area contributed by atoms with Crippen molar-refractivity contribution in [3.05, 3.63) is 59.0 Å². The van der Waals surface area contributed by atoms with Crippen LogP contribution in [0.5, 0.6) is 0 Å². The normalized spacial score (nSPS) is 14.8.